The van der Waals surface area contributed by atoms with Gasteiger partial charge in [-0.25, -0.2) is 4.98 Å². The summed E-state index contributed by atoms with van der Waals surface area (Å²) in [5, 5.41) is 0.626. The Bertz CT molecular complexity index is 1170. The highest BCUT2D eigenvalue weighted by Gasteiger charge is 2.35. The first kappa shape index (κ1) is 22.3. The Morgan fingerprint density at radius 3 is 2.41 bits per heavy atom. The fourth-order valence-corrected chi connectivity index (χ4v) is 4.73. The second kappa shape index (κ2) is 8.89. The molecule has 5 heteroatoms. The maximum atomic E-state index is 13.1. The molecule has 1 fully saturated rings. The van der Waals surface area contributed by atoms with Crippen molar-refractivity contribution in [2.24, 2.45) is 5.92 Å². The fraction of sp³-hybridized carbons (Fsp3) is 0.444. The van der Waals surface area contributed by atoms with Crippen molar-refractivity contribution < 1.29 is 9.53 Å². The van der Waals surface area contributed by atoms with Crippen molar-refractivity contribution in [3.63, 3.8) is 0 Å². The van der Waals surface area contributed by atoms with E-state index in [2.05, 4.69) is 4.98 Å². The molecule has 0 saturated heterocycles. The number of hydrogen-bond donors (Lipinski definition) is 0. The molecule has 1 atom stereocenters. The third kappa shape index (κ3) is 4.77. The molecule has 0 bridgehead atoms. The van der Waals surface area contributed by atoms with Gasteiger partial charge in [0.2, 0.25) is 0 Å². The average Bonchev–Trinajstić information content (AvgIpc) is 3.25. The number of ether oxygens (including phenoxy) is 1. The summed E-state index contributed by atoms with van der Waals surface area (Å²) in [4.78, 5) is 30.6. The number of aryl methyl sites for hydroxylation is 1. The van der Waals surface area contributed by atoms with Gasteiger partial charge < -0.3 is 4.74 Å². The van der Waals surface area contributed by atoms with Crippen LogP contribution in [0.2, 0.25) is 0 Å². The van der Waals surface area contributed by atoms with Crippen LogP contribution in [-0.4, -0.2) is 21.1 Å². The zero-order valence-corrected chi connectivity index (χ0v) is 19.4. The van der Waals surface area contributed by atoms with Crippen LogP contribution in [0.25, 0.3) is 10.9 Å². The normalized spacial score (nSPS) is 15.8. The van der Waals surface area contributed by atoms with Gasteiger partial charge in [0.05, 0.1) is 23.4 Å². The van der Waals surface area contributed by atoms with E-state index in [9.17, 15) is 9.59 Å². The van der Waals surface area contributed by atoms with E-state index < -0.39 is 5.60 Å². The smallest absolute Gasteiger partial charge is 0.314 e. The second-order valence-electron chi connectivity index (χ2n) is 9.86. The van der Waals surface area contributed by atoms with Gasteiger partial charge in [-0.3, -0.25) is 14.2 Å². The predicted molar refractivity (Wildman–Crippen MR) is 127 cm³/mol. The van der Waals surface area contributed by atoms with Crippen LogP contribution in [0.3, 0.4) is 0 Å². The van der Waals surface area contributed by atoms with Crippen molar-refractivity contribution in [1.29, 1.82) is 0 Å². The molecular weight excluding hydrogens is 400 g/mol. The topological polar surface area (TPSA) is 61.2 Å². The molecular formula is C27H32N2O3. The number of benzene rings is 2. The van der Waals surface area contributed by atoms with Gasteiger partial charge >= 0.3 is 5.97 Å². The first-order valence-corrected chi connectivity index (χ1v) is 11.5. The van der Waals surface area contributed by atoms with Gasteiger partial charge in [0.25, 0.3) is 5.56 Å². The summed E-state index contributed by atoms with van der Waals surface area (Å²) in [5.74, 6) is 0.640. The molecule has 0 spiro atoms. The quantitative estimate of drug-likeness (QED) is 0.509. The lowest BCUT2D eigenvalue weighted by Crippen LogP contribution is -2.30. The Kier molecular flexibility index (Phi) is 6.18. The van der Waals surface area contributed by atoms with E-state index in [0.717, 1.165) is 29.5 Å². The molecule has 168 valence electrons. The van der Waals surface area contributed by atoms with Crippen LogP contribution in [0.4, 0.5) is 0 Å². The molecule has 0 aliphatic heterocycles. The van der Waals surface area contributed by atoms with Crippen LogP contribution in [0.1, 0.15) is 69.3 Å². The van der Waals surface area contributed by atoms with Crippen LogP contribution >= 0.6 is 0 Å². The number of aromatic nitrogens is 2. The van der Waals surface area contributed by atoms with Crippen molar-refractivity contribution >= 4 is 16.9 Å². The first-order chi connectivity index (χ1) is 15.2. The molecule has 1 aromatic heterocycles. The number of nitrogens with zero attached hydrogens (tertiary/aromatic N) is 2. The van der Waals surface area contributed by atoms with Gasteiger partial charge in [0, 0.05) is 0 Å². The lowest BCUT2D eigenvalue weighted by molar-refractivity contribution is -0.158. The Morgan fingerprint density at radius 1 is 1.09 bits per heavy atom. The molecule has 32 heavy (non-hydrogen) atoms. The van der Waals surface area contributed by atoms with Gasteiger partial charge in [-0.15, -0.1) is 0 Å². The second-order valence-corrected chi connectivity index (χ2v) is 9.86. The highest BCUT2D eigenvalue weighted by Crippen LogP contribution is 2.39. The lowest BCUT2D eigenvalue weighted by atomic mass is 9.84. The summed E-state index contributed by atoms with van der Waals surface area (Å²) < 4.78 is 7.48. The summed E-state index contributed by atoms with van der Waals surface area (Å²) in [5.41, 5.74) is 2.18. The molecule has 0 N–H and O–H groups in total. The molecule has 1 saturated carbocycles. The number of hydrogen-bond acceptors (Lipinski definition) is 4. The van der Waals surface area contributed by atoms with Gasteiger partial charge in [0.1, 0.15) is 11.4 Å². The van der Waals surface area contributed by atoms with E-state index in [4.69, 9.17) is 4.74 Å². The van der Waals surface area contributed by atoms with E-state index in [1.54, 1.807) is 4.57 Å². The van der Waals surface area contributed by atoms with E-state index in [0.29, 0.717) is 23.7 Å². The number of esters is 1. The molecule has 1 aliphatic carbocycles. The molecule has 2 aromatic carbocycles. The third-order valence-corrected chi connectivity index (χ3v) is 6.26. The van der Waals surface area contributed by atoms with E-state index in [1.807, 2.05) is 76.2 Å². The van der Waals surface area contributed by atoms with Gasteiger partial charge in [-0.2, -0.15) is 0 Å². The molecule has 0 radical (unpaired) electrons. The molecule has 0 amide bonds. The SMILES string of the molecule is Cc1nc2ccccc2c(=O)n1Cc1ccc(C(C(=O)OC(C)(C)C)C2CCCC2)cc1. The molecule has 4 rings (SSSR count). The zero-order valence-electron chi connectivity index (χ0n) is 19.4. The molecule has 5 nitrogen and oxygen atoms in total. The van der Waals surface area contributed by atoms with Crippen LogP contribution in [0.5, 0.6) is 0 Å². The van der Waals surface area contributed by atoms with Crippen LogP contribution < -0.4 is 5.56 Å². The summed E-state index contributed by atoms with van der Waals surface area (Å²) in [6.45, 7) is 8.05. The number of rotatable bonds is 5. The maximum absolute atomic E-state index is 13.1. The summed E-state index contributed by atoms with van der Waals surface area (Å²) >= 11 is 0. The summed E-state index contributed by atoms with van der Waals surface area (Å²) in [6, 6.07) is 15.5. The third-order valence-electron chi connectivity index (χ3n) is 6.26. The van der Waals surface area contributed by atoms with Crippen molar-refractivity contribution in [3.05, 3.63) is 75.8 Å². The highest BCUT2D eigenvalue weighted by atomic mass is 16.6. The monoisotopic (exact) mass is 432 g/mol. The minimum Gasteiger partial charge on any atom is -0.459 e. The Balaban J connectivity index is 1.61. The van der Waals surface area contributed by atoms with E-state index in [-0.39, 0.29) is 17.4 Å². The van der Waals surface area contributed by atoms with Crippen LogP contribution in [0, 0.1) is 12.8 Å². The van der Waals surface area contributed by atoms with Gasteiger partial charge in [-0.1, -0.05) is 49.2 Å². The fourth-order valence-electron chi connectivity index (χ4n) is 4.73. The maximum Gasteiger partial charge on any atom is 0.314 e. The Morgan fingerprint density at radius 2 is 1.75 bits per heavy atom. The zero-order chi connectivity index (χ0) is 22.9. The van der Waals surface area contributed by atoms with Crippen molar-refractivity contribution in [2.75, 3.05) is 0 Å². The minimum absolute atomic E-state index is 0.0326. The van der Waals surface area contributed by atoms with E-state index >= 15 is 0 Å². The van der Waals surface area contributed by atoms with Crippen LogP contribution in [-0.2, 0) is 16.1 Å². The molecule has 1 aliphatic rings. The molecule has 3 aromatic rings. The molecule has 1 heterocycles. The number of carbonyl (C=O) groups excluding carboxylic acids is 1. The minimum atomic E-state index is -0.504. The Hall–Kier alpha value is -2.95. The largest absolute Gasteiger partial charge is 0.459 e. The number of fused-ring (bicyclic) bond motifs is 1. The average molecular weight is 433 g/mol. The number of para-hydroxylation sites is 1. The highest BCUT2D eigenvalue weighted by molar-refractivity contribution is 5.79. The van der Waals surface area contributed by atoms with Crippen molar-refractivity contribution in [2.45, 2.75) is 71.4 Å². The standard InChI is InChI=1S/C27H32N2O3/c1-18-28-23-12-8-7-11-22(23)25(30)29(18)17-19-13-15-21(16-14-19)24(20-9-5-6-10-20)26(31)32-27(2,3)4/h7-8,11-16,20,24H,5-6,9-10,17H2,1-4H3. The Labute approximate surface area is 189 Å². The van der Waals surface area contributed by atoms with E-state index in [1.165, 1.54) is 12.8 Å². The first-order valence-electron chi connectivity index (χ1n) is 11.5. The van der Waals surface area contributed by atoms with Gasteiger partial charge in [-0.05, 0) is 69.7 Å². The summed E-state index contributed by atoms with van der Waals surface area (Å²) in [7, 11) is 0. The van der Waals surface area contributed by atoms with Crippen LogP contribution in [0.15, 0.2) is 53.3 Å². The predicted octanol–water partition coefficient (Wildman–Crippen LogP) is 5.37. The summed E-state index contributed by atoms with van der Waals surface area (Å²) in [6.07, 6.45) is 4.45. The number of carbonyl (C=O) groups is 1. The van der Waals surface area contributed by atoms with Gasteiger partial charge in [0.15, 0.2) is 0 Å². The lowest BCUT2D eigenvalue weighted by Gasteiger charge is -2.27. The van der Waals surface area contributed by atoms with Crippen molar-refractivity contribution in [1.82, 2.24) is 9.55 Å². The van der Waals surface area contributed by atoms with Crippen molar-refractivity contribution in [3.8, 4) is 0 Å². The molecule has 1 unspecified atom stereocenters.